The Morgan fingerprint density at radius 3 is 2.75 bits per heavy atom. The Morgan fingerprint density at radius 2 is 2.20 bits per heavy atom. The van der Waals surface area contributed by atoms with Crippen LogP contribution in [0.1, 0.15) is 33.8 Å². The van der Waals surface area contributed by atoms with Crippen molar-refractivity contribution in [3.63, 3.8) is 0 Å². The Morgan fingerprint density at radius 1 is 1.50 bits per heavy atom. The molecule has 1 amide bonds. The van der Waals surface area contributed by atoms with Crippen molar-refractivity contribution in [3.05, 3.63) is 15.8 Å². The highest BCUT2D eigenvalue weighted by molar-refractivity contribution is 8.13. The van der Waals surface area contributed by atoms with Crippen LogP contribution in [0, 0.1) is 6.92 Å². The smallest absolute Gasteiger partial charge is 0.262 e. The van der Waals surface area contributed by atoms with Crippen molar-refractivity contribution >= 4 is 37.0 Å². The SMILES string of the molecule is COC1CCCC1NC(=O)c1cc(S(=O)(=O)Cl)c(C)s1. The van der Waals surface area contributed by atoms with E-state index in [1.54, 1.807) is 14.0 Å². The van der Waals surface area contributed by atoms with E-state index in [0.717, 1.165) is 30.6 Å². The highest BCUT2D eigenvalue weighted by Crippen LogP contribution is 2.29. The highest BCUT2D eigenvalue weighted by Gasteiger charge is 2.29. The second-order valence-corrected chi connectivity index (χ2v) is 8.54. The van der Waals surface area contributed by atoms with Gasteiger partial charge in [0.25, 0.3) is 15.0 Å². The molecule has 5 nitrogen and oxygen atoms in total. The minimum absolute atomic E-state index is 0.00373. The van der Waals surface area contributed by atoms with Crippen molar-refractivity contribution in [1.82, 2.24) is 5.32 Å². The quantitative estimate of drug-likeness (QED) is 0.855. The molecule has 1 aromatic rings. The monoisotopic (exact) mass is 337 g/mol. The summed E-state index contributed by atoms with van der Waals surface area (Å²) in [6.07, 6.45) is 2.83. The second-order valence-electron chi connectivity index (χ2n) is 4.75. The van der Waals surface area contributed by atoms with Gasteiger partial charge < -0.3 is 10.1 Å². The van der Waals surface area contributed by atoms with Crippen LogP contribution in [0.25, 0.3) is 0 Å². The average Bonchev–Trinajstić information content (AvgIpc) is 2.94. The van der Waals surface area contributed by atoms with Gasteiger partial charge in [-0.15, -0.1) is 11.3 Å². The zero-order chi connectivity index (χ0) is 14.9. The van der Waals surface area contributed by atoms with E-state index in [-0.39, 0.29) is 22.9 Å². The lowest BCUT2D eigenvalue weighted by Crippen LogP contribution is -2.40. The van der Waals surface area contributed by atoms with Gasteiger partial charge >= 0.3 is 0 Å². The van der Waals surface area contributed by atoms with Crippen LogP contribution in [0.2, 0.25) is 0 Å². The van der Waals surface area contributed by atoms with Gasteiger partial charge in [-0.05, 0) is 32.3 Å². The summed E-state index contributed by atoms with van der Waals surface area (Å²) in [4.78, 5) is 13.0. The largest absolute Gasteiger partial charge is 0.379 e. The number of rotatable bonds is 4. The molecule has 2 rings (SSSR count). The molecule has 8 heteroatoms. The van der Waals surface area contributed by atoms with Gasteiger partial charge in [0.05, 0.1) is 21.9 Å². The summed E-state index contributed by atoms with van der Waals surface area (Å²) in [6, 6.07) is 1.31. The standard InChI is InChI=1S/C12H16ClNO4S2/c1-7-11(20(13,16)17)6-10(19-7)12(15)14-8-4-3-5-9(8)18-2/h6,8-9H,3-5H2,1-2H3,(H,14,15). The zero-order valence-corrected chi connectivity index (χ0v) is 13.6. The van der Waals surface area contributed by atoms with E-state index >= 15 is 0 Å². The van der Waals surface area contributed by atoms with Crippen molar-refractivity contribution in [1.29, 1.82) is 0 Å². The first-order chi connectivity index (χ1) is 9.32. The minimum Gasteiger partial charge on any atom is -0.379 e. The van der Waals surface area contributed by atoms with Crippen LogP contribution in [-0.2, 0) is 13.8 Å². The number of nitrogens with one attached hydrogen (secondary N) is 1. The second kappa shape index (κ2) is 6.01. The molecule has 1 saturated carbocycles. The van der Waals surface area contributed by atoms with Crippen LogP contribution in [0.15, 0.2) is 11.0 Å². The summed E-state index contributed by atoms with van der Waals surface area (Å²) in [5, 5.41) is 2.90. The lowest BCUT2D eigenvalue weighted by molar-refractivity contribution is 0.0724. The average molecular weight is 338 g/mol. The first-order valence-electron chi connectivity index (χ1n) is 6.21. The Bertz CT molecular complexity index is 611. The number of aryl methyl sites for hydroxylation is 1. The van der Waals surface area contributed by atoms with E-state index in [2.05, 4.69) is 5.32 Å². The number of amides is 1. The predicted molar refractivity (Wildman–Crippen MR) is 78.0 cm³/mol. The number of hydrogen-bond donors (Lipinski definition) is 1. The van der Waals surface area contributed by atoms with Crippen molar-refractivity contribution in [2.75, 3.05) is 7.11 Å². The van der Waals surface area contributed by atoms with Crippen molar-refractivity contribution in [2.24, 2.45) is 0 Å². The minimum atomic E-state index is -3.81. The summed E-state index contributed by atoms with van der Waals surface area (Å²) >= 11 is 1.13. The molecule has 1 heterocycles. The molecule has 0 aliphatic heterocycles. The van der Waals surface area contributed by atoms with Crippen LogP contribution in [0.5, 0.6) is 0 Å². The fraction of sp³-hybridized carbons (Fsp3) is 0.583. The molecule has 0 saturated heterocycles. The number of carbonyl (C=O) groups is 1. The molecular weight excluding hydrogens is 322 g/mol. The summed E-state index contributed by atoms with van der Waals surface area (Å²) in [5.41, 5.74) is 0. The Labute approximate surface area is 126 Å². The maximum absolute atomic E-state index is 12.2. The van der Waals surface area contributed by atoms with Crippen molar-refractivity contribution in [3.8, 4) is 0 Å². The lowest BCUT2D eigenvalue weighted by Gasteiger charge is -2.19. The van der Waals surface area contributed by atoms with Crippen LogP contribution < -0.4 is 5.32 Å². The number of halogens is 1. The van der Waals surface area contributed by atoms with E-state index in [4.69, 9.17) is 15.4 Å². The van der Waals surface area contributed by atoms with E-state index in [9.17, 15) is 13.2 Å². The number of ether oxygens (including phenoxy) is 1. The number of methoxy groups -OCH3 is 1. The third-order valence-corrected chi connectivity index (χ3v) is 6.06. The number of thiophene rings is 1. The van der Waals surface area contributed by atoms with Crippen LogP contribution >= 0.6 is 22.0 Å². The Balaban J connectivity index is 2.14. The molecular formula is C12H16ClNO4S2. The molecule has 1 aliphatic rings. The van der Waals surface area contributed by atoms with Gasteiger partial charge in [0.2, 0.25) is 0 Å². The van der Waals surface area contributed by atoms with Gasteiger partial charge in [-0.3, -0.25) is 4.79 Å². The first-order valence-corrected chi connectivity index (χ1v) is 9.34. The van der Waals surface area contributed by atoms with E-state index < -0.39 is 9.05 Å². The molecule has 0 aromatic carbocycles. The van der Waals surface area contributed by atoms with Gasteiger partial charge in [-0.1, -0.05) is 0 Å². The summed E-state index contributed by atoms with van der Waals surface area (Å²) in [5.74, 6) is -0.279. The third-order valence-electron chi connectivity index (χ3n) is 3.43. The van der Waals surface area contributed by atoms with E-state index in [1.165, 1.54) is 6.07 Å². The maximum atomic E-state index is 12.2. The maximum Gasteiger partial charge on any atom is 0.262 e. The molecule has 0 radical (unpaired) electrons. The topological polar surface area (TPSA) is 72.5 Å². The fourth-order valence-electron chi connectivity index (χ4n) is 2.43. The fourth-order valence-corrected chi connectivity index (χ4v) is 5.00. The van der Waals surface area contributed by atoms with Gasteiger partial charge in [-0.2, -0.15) is 0 Å². The molecule has 0 bridgehead atoms. The molecule has 0 spiro atoms. The van der Waals surface area contributed by atoms with E-state index in [0.29, 0.717) is 9.75 Å². The Kier molecular flexibility index (Phi) is 4.73. The van der Waals surface area contributed by atoms with Gasteiger partial charge in [0.15, 0.2) is 0 Å². The Hall–Kier alpha value is -0.630. The molecule has 112 valence electrons. The molecule has 1 N–H and O–H groups in total. The predicted octanol–water partition coefficient (Wildman–Crippen LogP) is 2.28. The normalized spacial score (nSPS) is 22.9. The number of carbonyl (C=O) groups excluding carboxylic acids is 1. The molecule has 1 aromatic heterocycles. The third kappa shape index (κ3) is 3.33. The summed E-state index contributed by atoms with van der Waals surface area (Å²) in [6.45, 7) is 1.63. The summed E-state index contributed by atoms with van der Waals surface area (Å²) in [7, 11) is 3.14. The molecule has 1 aliphatic carbocycles. The number of hydrogen-bond acceptors (Lipinski definition) is 5. The highest BCUT2D eigenvalue weighted by atomic mass is 35.7. The van der Waals surface area contributed by atoms with Gasteiger partial charge in [0, 0.05) is 22.7 Å². The molecule has 20 heavy (non-hydrogen) atoms. The van der Waals surface area contributed by atoms with Gasteiger partial charge in [0.1, 0.15) is 0 Å². The molecule has 2 unspecified atom stereocenters. The molecule has 2 atom stereocenters. The van der Waals surface area contributed by atoms with Crippen molar-refractivity contribution < 1.29 is 17.9 Å². The lowest BCUT2D eigenvalue weighted by atomic mass is 10.2. The summed E-state index contributed by atoms with van der Waals surface area (Å²) < 4.78 is 28.0. The van der Waals surface area contributed by atoms with Crippen LogP contribution in [-0.4, -0.2) is 33.6 Å². The molecule has 1 fully saturated rings. The zero-order valence-electron chi connectivity index (χ0n) is 11.2. The van der Waals surface area contributed by atoms with Gasteiger partial charge in [-0.25, -0.2) is 8.42 Å². The van der Waals surface area contributed by atoms with Crippen molar-refractivity contribution in [2.45, 2.75) is 43.2 Å². The van der Waals surface area contributed by atoms with Crippen LogP contribution in [0.4, 0.5) is 0 Å². The van der Waals surface area contributed by atoms with Crippen LogP contribution in [0.3, 0.4) is 0 Å². The first kappa shape index (κ1) is 15.8. The van der Waals surface area contributed by atoms with E-state index in [1.807, 2.05) is 0 Å².